The number of hydrogen-bond donors (Lipinski definition) is 0. The number of thioether (sulfide) groups is 1. The van der Waals surface area contributed by atoms with Crippen molar-refractivity contribution in [2.24, 2.45) is 7.05 Å². The van der Waals surface area contributed by atoms with Crippen molar-refractivity contribution >= 4 is 39.0 Å². The Labute approximate surface area is 105 Å². The van der Waals surface area contributed by atoms with Gasteiger partial charge in [0, 0.05) is 24.4 Å². The molecular formula is C9H10BrN3S2. The molecule has 0 saturated carbocycles. The molecule has 0 bridgehead atoms. The third kappa shape index (κ3) is 2.43. The van der Waals surface area contributed by atoms with Crippen LogP contribution in [0.25, 0.3) is 0 Å². The van der Waals surface area contributed by atoms with Crippen LogP contribution < -0.4 is 0 Å². The first kappa shape index (κ1) is 11.2. The van der Waals surface area contributed by atoms with Gasteiger partial charge in [0.1, 0.15) is 4.34 Å². The fourth-order valence-corrected chi connectivity index (χ4v) is 3.61. The summed E-state index contributed by atoms with van der Waals surface area (Å²) in [5.41, 5.74) is 2.24. The van der Waals surface area contributed by atoms with Gasteiger partial charge in [-0.25, -0.2) is 4.98 Å². The van der Waals surface area contributed by atoms with E-state index in [0.717, 1.165) is 20.3 Å². The van der Waals surface area contributed by atoms with Crippen molar-refractivity contribution in [1.29, 1.82) is 0 Å². The third-order valence-corrected chi connectivity index (χ3v) is 5.01. The van der Waals surface area contributed by atoms with Crippen LogP contribution >= 0.6 is 39.0 Å². The standard InChI is InChI=1S/C9H10BrN3S2/c1-6-8(10)7(13(2)12-6)5-15-9-11-3-4-14-9/h3-4H,5H2,1-2H3. The SMILES string of the molecule is Cc1nn(C)c(CSc2nccs2)c1Br. The van der Waals surface area contributed by atoms with E-state index in [1.165, 1.54) is 5.69 Å². The van der Waals surface area contributed by atoms with Gasteiger partial charge in [-0.15, -0.1) is 11.3 Å². The van der Waals surface area contributed by atoms with Crippen LogP contribution in [0.2, 0.25) is 0 Å². The van der Waals surface area contributed by atoms with E-state index in [4.69, 9.17) is 0 Å². The molecule has 0 saturated heterocycles. The van der Waals surface area contributed by atoms with Crippen LogP contribution in [-0.2, 0) is 12.8 Å². The van der Waals surface area contributed by atoms with E-state index in [1.807, 2.05) is 30.2 Å². The summed E-state index contributed by atoms with van der Waals surface area (Å²) >= 11 is 6.96. The molecule has 3 nitrogen and oxygen atoms in total. The Hall–Kier alpha value is -0.330. The van der Waals surface area contributed by atoms with E-state index >= 15 is 0 Å². The molecule has 0 radical (unpaired) electrons. The molecule has 15 heavy (non-hydrogen) atoms. The first-order valence-corrected chi connectivity index (χ1v) is 7.04. The fourth-order valence-electron chi connectivity index (χ4n) is 1.25. The Morgan fingerprint density at radius 3 is 2.93 bits per heavy atom. The van der Waals surface area contributed by atoms with Gasteiger partial charge in [-0.2, -0.15) is 5.10 Å². The number of rotatable bonds is 3. The van der Waals surface area contributed by atoms with E-state index in [2.05, 4.69) is 26.0 Å². The Morgan fingerprint density at radius 2 is 2.40 bits per heavy atom. The number of nitrogens with zero attached hydrogens (tertiary/aromatic N) is 3. The highest BCUT2D eigenvalue weighted by atomic mass is 79.9. The highest BCUT2D eigenvalue weighted by Gasteiger charge is 2.11. The minimum Gasteiger partial charge on any atom is -0.270 e. The molecule has 2 heterocycles. The first-order chi connectivity index (χ1) is 7.18. The molecule has 0 aliphatic carbocycles. The van der Waals surface area contributed by atoms with Crippen molar-refractivity contribution in [2.75, 3.05) is 0 Å². The lowest BCUT2D eigenvalue weighted by Crippen LogP contribution is -1.96. The predicted octanol–water partition coefficient (Wildman–Crippen LogP) is 3.24. The second kappa shape index (κ2) is 4.67. The Kier molecular flexibility index (Phi) is 3.48. The summed E-state index contributed by atoms with van der Waals surface area (Å²) in [5, 5.41) is 6.34. The molecule has 0 fully saturated rings. The summed E-state index contributed by atoms with van der Waals surface area (Å²) in [6, 6.07) is 0. The Morgan fingerprint density at radius 1 is 1.60 bits per heavy atom. The van der Waals surface area contributed by atoms with Crippen LogP contribution in [0.4, 0.5) is 0 Å². The number of thiazole rings is 1. The van der Waals surface area contributed by atoms with Crippen molar-refractivity contribution < 1.29 is 0 Å². The van der Waals surface area contributed by atoms with Gasteiger partial charge in [0.2, 0.25) is 0 Å². The van der Waals surface area contributed by atoms with Crippen LogP contribution in [0.3, 0.4) is 0 Å². The molecule has 2 aromatic rings. The van der Waals surface area contributed by atoms with Gasteiger partial charge < -0.3 is 0 Å². The molecule has 0 atom stereocenters. The van der Waals surface area contributed by atoms with E-state index in [0.29, 0.717) is 0 Å². The second-order valence-electron chi connectivity index (χ2n) is 3.06. The minimum atomic E-state index is 0.894. The maximum absolute atomic E-state index is 4.35. The predicted molar refractivity (Wildman–Crippen MR) is 67.3 cm³/mol. The number of aromatic nitrogens is 3. The molecule has 0 N–H and O–H groups in total. The van der Waals surface area contributed by atoms with Gasteiger partial charge >= 0.3 is 0 Å². The van der Waals surface area contributed by atoms with Gasteiger partial charge in [0.25, 0.3) is 0 Å². The lowest BCUT2D eigenvalue weighted by molar-refractivity contribution is 0.727. The second-order valence-corrected chi connectivity index (χ2v) is 5.97. The van der Waals surface area contributed by atoms with E-state index in [-0.39, 0.29) is 0 Å². The topological polar surface area (TPSA) is 30.7 Å². The average Bonchev–Trinajstić information content (AvgIpc) is 2.76. The van der Waals surface area contributed by atoms with Gasteiger partial charge in [0.05, 0.1) is 15.9 Å². The Bertz CT molecular complexity index is 450. The van der Waals surface area contributed by atoms with Crippen LogP contribution in [0.5, 0.6) is 0 Å². The zero-order chi connectivity index (χ0) is 10.8. The minimum absolute atomic E-state index is 0.894. The van der Waals surface area contributed by atoms with Gasteiger partial charge in [-0.05, 0) is 22.9 Å². The molecule has 0 unspecified atom stereocenters. The molecule has 0 spiro atoms. The molecule has 2 aromatic heterocycles. The maximum Gasteiger partial charge on any atom is 0.150 e. The molecule has 2 rings (SSSR count). The summed E-state index contributed by atoms with van der Waals surface area (Å²) in [5.74, 6) is 0.894. The summed E-state index contributed by atoms with van der Waals surface area (Å²) in [4.78, 5) is 4.23. The monoisotopic (exact) mass is 303 g/mol. The lowest BCUT2D eigenvalue weighted by atomic mass is 10.4. The molecular weight excluding hydrogens is 294 g/mol. The van der Waals surface area contributed by atoms with Gasteiger partial charge in [-0.3, -0.25) is 4.68 Å². The summed E-state index contributed by atoms with van der Waals surface area (Å²) in [6.45, 7) is 2.00. The van der Waals surface area contributed by atoms with E-state index < -0.39 is 0 Å². The highest BCUT2D eigenvalue weighted by molar-refractivity contribution is 9.10. The lowest BCUT2D eigenvalue weighted by Gasteiger charge is -2.00. The highest BCUT2D eigenvalue weighted by Crippen LogP contribution is 2.29. The molecule has 0 aliphatic heterocycles. The maximum atomic E-state index is 4.35. The van der Waals surface area contributed by atoms with Crippen LogP contribution in [0.1, 0.15) is 11.4 Å². The van der Waals surface area contributed by atoms with Crippen LogP contribution in [0.15, 0.2) is 20.4 Å². The van der Waals surface area contributed by atoms with E-state index in [1.54, 1.807) is 23.1 Å². The molecule has 0 amide bonds. The smallest absolute Gasteiger partial charge is 0.150 e. The largest absolute Gasteiger partial charge is 0.270 e. The summed E-state index contributed by atoms with van der Waals surface area (Å²) < 4.78 is 4.12. The van der Waals surface area contributed by atoms with Gasteiger partial charge in [0.15, 0.2) is 0 Å². The molecule has 6 heteroatoms. The first-order valence-electron chi connectivity index (χ1n) is 4.38. The van der Waals surface area contributed by atoms with Crippen molar-refractivity contribution in [1.82, 2.24) is 14.8 Å². The zero-order valence-electron chi connectivity index (χ0n) is 8.40. The normalized spacial score (nSPS) is 10.9. The van der Waals surface area contributed by atoms with Crippen molar-refractivity contribution in [3.8, 4) is 0 Å². The van der Waals surface area contributed by atoms with E-state index in [9.17, 15) is 0 Å². The third-order valence-electron chi connectivity index (χ3n) is 2.00. The van der Waals surface area contributed by atoms with Crippen molar-refractivity contribution in [2.45, 2.75) is 17.0 Å². The Balaban J connectivity index is 2.11. The molecule has 0 aliphatic rings. The summed E-state index contributed by atoms with van der Waals surface area (Å²) in [7, 11) is 1.97. The fraction of sp³-hybridized carbons (Fsp3) is 0.333. The van der Waals surface area contributed by atoms with Crippen molar-refractivity contribution in [3.63, 3.8) is 0 Å². The van der Waals surface area contributed by atoms with Crippen molar-refractivity contribution in [3.05, 3.63) is 27.4 Å². The molecule has 80 valence electrons. The summed E-state index contributed by atoms with van der Waals surface area (Å²) in [6.07, 6.45) is 1.83. The van der Waals surface area contributed by atoms with Gasteiger partial charge in [-0.1, -0.05) is 11.8 Å². The van der Waals surface area contributed by atoms with Crippen LogP contribution in [-0.4, -0.2) is 14.8 Å². The average molecular weight is 304 g/mol. The molecule has 0 aromatic carbocycles. The number of hydrogen-bond acceptors (Lipinski definition) is 4. The zero-order valence-corrected chi connectivity index (χ0v) is 11.6. The number of aryl methyl sites for hydroxylation is 2. The number of halogens is 1. The van der Waals surface area contributed by atoms with Crippen LogP contribution in [0, 0.1) is 6.92 Å². The quantitative estimate of drug-likeness (QED) is 0.816.